The number of thioether (sulfide) groups is 1. The van der Waals surface area contributed by atoms with Gasteiger partial charge in [0.2, 0.25) is 0 Å². The maximum Gasteiger partial charge on any atom is 0.153 e. The summed E-state index contributed by atoms with van der Waals surface area (Å²) in [6.45, 7) is 5.68. The Bertz CT molecular complexity index is 369. The Kier molecular flexibility index (Phi) is 3.35. The van der Waals surface area contributed by atoms with Crippen molar-refractivity contribution in [2.75, 3.05) is 23.9 Å². The van der Waals surface area contributed by atoms with Gasteiger partial charge in [-0.15, -0.1) is 11.8 Å². The van der Waals surface area contributed by atoms with E-state index in [9.17, 15) is 0 Å². The van der Waals surface area contributed by atoms with Crippen molar-refractivity contribution in [2.45, 2.75) is 31.6 Å². The first-order chi connectivity index (χ1) is 7.59. The normalized spacial score (nSPS) is 17.8. The fourth-order valence-corrected chi connectivity index (χ4v) is 3.52. The summed E-state index contributed by atoms with van der Waals surface area (Å²) in [5.74, 6) is 1.41. The minimum atomic E-state index is 0.522. The Labute approximate surface area is 105 Å². The van der Waals surface area contributed by atoms with Crippen LogP contribution < -0.4 is 11.1 Å². The second-order valence-electron chi connectivity index (χ2n) is 4.80. The maximum absolute atomic E-state index is 5.81. The number of hydrogen-bond acceptors (Lipinski definition) is 5. The Morgan fingerprint density at radius 3 is 2.75 bits per heavy atom. The third-order valence-corrected chi connectivity index (χ3v) is 5.37. The fourth-order valence-electron chi connectivity index (χ4n) is 1.98. The largest absolute Gasteiger partial charge is 0.382 e. The molecule has 0 spiro atoms. The predicted octanol–water partition coefficient (Wildman–Crippen LogP) is 3.30. The lowest BCUT2D eigenvalue weighted by Gasteiger charge is -2.20. The van der Waals surface area contributed by atoms with Gasteiger partial charge in [0.25, 0.3) is 0 Å². The molecule has 3 nitrogen and oxygen atoms in total. The zero-order chi connectivity index (χ0) is 11.8. The van der Waals surface area contributed by atoms with Crippen LogP contribution in [0.5, 0.6) is 0 Å². The number of nitrogens with zero attached hydrogens (tertiary/aromatic N) is 1. The smallest absolute Gasteiger partial charge is 0.153 e. The van der Waals surface area contributed by atoms with E-state index in [1.165, 1.54) is 24.4 Å². The van der Waals surface area contributed by atoms with Crippen molar-refractivity contribution in [3.8, 4) is 0 Å². The molecule has 0 radical (unpaired) electrons. The molecule has 0 atom stereocenters. The summed E-state index contributed by atoms with van der Waals surface area (Å²) in [5.41, 5.74) is 6.33. The maximum atomic E-state index is 5.81. The van der Waals surface area contributed by atoms with Crippen LogP contribution in [0.25, 0.3) is 0 Å². The van der Waals surface area contributed by atoms with E-state index in [0.29, 0.717) is 11.2 Å². The zero-order valence-electron chi connectivity index (χ0n) is 10.0. The van der Waals surface area contributed by atoms with Crippen molar-refractivity contribution in [1.29, 1.82) is 0 Å². The molecule has 1 saturated carbocycles. The number of anilines is 2. The van der Waals surface area contributed by atoms with Gasteiger partial charge in [0, 0.05) is 6.54 Å². The van der Waals surface area contributed by atoms with Crippen LogP contribution in [0.1, 0.15) is 26.7 Å². The molecule has 1 aromatic heterocycles. The van der Waals surface area contributed by atoms with E-state index >= 15 is 0 Å². The van der Waals surface area contributed by atoms with Crippen molar-refractivity contribution in [3.63, 3.8) is 0 Å². The van der Waals surface area contributed by atoms with E-state index in [1.54, 1.807) is 11.8 Å². The van der Waals surface area contributed by atoms with Crippen LogP contribution in [0.15, 0.2) is 4.90 Å². The topological polar surface area (TPSA) is 50.9 Å². The summed E-state index contributed by atoms with van der Waals surface area (Å²) in [7, 11) is 0. The second kappa shape index (κ2) is 4.45. The minimum Gasteiger partial charge on any atom is -0.382 e. The van der Waals surface area contributed by atoms with Crippen LogP contribution in [0.2, 0.25) is 0 Å². The molecule has 0 saturated heterocycles. The van der Waals surface area contributed by atoms with E-state index in [4.69, 9.17) is 5.73 Å². The summed E-state index contributed by atoms with van der Waals surface area (Å²) in [4.78, 5) is 1.10. The Balaban J connectivity index is 2.00. The monoisotopic (exact) mass is 257 g/mol. The highest BCUT2D eigenvalue weighted by atomic mass is 32.2. The first-order valence-electron chi connectivity index (χ1n) is 5.62. The molecule has 1 aromatic rings. The van der Waals surface area contributed by atoms with Crippen LogP contribution in [-0.2, 0) is 0 Å². The zero-order valence-corrected chi connectivity index (χ0v) is 11.7. The van der Waals surface area contributed by atoms with Gasteiger partial charge in [-0.1, -0.05) is 13.8 Å². The van der Waals surface area contributed by atoms with Crippen LogP contribution >= 0.6 is 23.3 Å². The van der Waals surface area contributed by atoms with Gasteiger partial charge >= 0.3 is 0 Å². The highest BCUT2D eigenvalue weighted by Gasteiger charge is 2.45. The average Bonchev–Trinajstić information content (AvgIpc) is 2.96. The molecule has 0 aliphatic heterocycles. The van der Waals surface area contributed by atoms with E-state index in [1.807, 2.05) is 6.26 Å². The molecule has 1 aliphatic carbocycles. The van der Waals surface area contributed by atoms with Crippen molar-refractivity contribution in [1.82, 2.24) is 4.37 Å². The predicted molar refractivity (Wildman–Crippen MR) is 73.3 cm³/mol. The van der Waals surface area contributed by atoms with Crippen molar-refractivity contribution in [2.24, 2.45) is 11.3 Å². The molecule has 90 valence electrons. The van der Waals surface area contributed by atoms with Crippen molar-refractivity contribution in [3.05, 3.63) is 0 Å². The molecule has 0 unspecified atom stereocenters. The summed E-state index contributed by atoms with van der Waals surface area (Å²) in [5, 5.41) is 4.66. The Morgan fingerprint density at radius 2 is 2.25 bits per heavy atom. The SMILES string of the molecule is CSc1c(N)nsc1NCC1(C(C)C)CC1. The molecule has 16 heavy (non-hydrogen) atoms. The highest BCUT2D eigenvalue weighted by Crippen LogP contribution is 2.52. The van der Waals surface area contributed by atoms with Crippen LogP contribution in [0.3, 0.4) is 0 Å². The molecule has 2 rings (SSSR count). The summed E-state index contributed by atoms with van der Waals surface area (Å²) in [6, 6.07) is 0. The highest BCUT2D eigenvalue weighted by molar-refractivity contribution is 7.99. The van der Waals surface area contributed by atoms with Crippen molar-refractivity contribution >= 4 is 34.1 Å². The number of nitrogen functional groups attached to an aromatic ring is 1. The van der Waals surface area contributed by atoms with E-state index in [2.05, 4.69) is 23.5 Å². The summed E-state index contributed by atoms with van der Waals surface area (Å²) in [6.07, 6.45) is 4.74. The molecule has 3 N–H and O–H groups in total. The molecule has 1 heterocycles. The van der Waals surface area contributed by atoms with Crippen LogP contribution in [-0.4, -0.2) is 17.2 Å². The van der Waals surface area contributed by atoms with Gasteiger partial charge in [-0.2, -0.15) is 4.37 Å². The minimum absolute atomic E-state index is 0.522. The van der Waals surface area contributed by atoms with E-state index < -0.39 is 0 Å². The molecule has 1 aliphatic rings. The average molecular weight is 257 g/mol. The third kappa shape index (κ3) is 2.15. The quantitative estimate of drug-likeness (QED) is 0.795. The molecule has 0 aromatic carbocycles. The van der Waals surface area contributed by atoms with Gasteiger partial charge in [0.1, 0.15) is 5.00 Å². The lowest BCUT2D eigenvalue weighted by Crippen LogP contribution is -2.20. The number of hydrogen-bond donors (Lipinski definition) is 2. The first-order valence-corrected chi connectivity index (χ1v) is 7.62. The van der Waals surface area contributed by atoms with Gasteiger partial charge < -0.3 is 11.1 Å². The van der Waals surface area contributed by atoms with Crippen molar-refractivity contribution < 1.29 is 0 Å². The molecular formula is C11H19N3S2. The summed E-state index contributed by atoms with van der Waals surface area (Å²) < 4.78 is 4.19. The fraction of sp³-hybridized carbons (Fsp3) is 0.727. The second-order valence-corrected chi connectivity index (χ2v) is 6.39. The molecule has 5 heteroatoms. The number of nitrogens with two attached hydrogens (primary N) is 1. The molecule has 1 fully saturated rings. The number of nitrogens with one attached hydrogen (secondary N) is 1. The Hall–Kier alpha value is -0.420. The number of rotatable bonds is 5. The molecule has 0 bridgehead atoms. The van der Waals surface area contributed by atoms with Gasteiger partial charge in [-0.05, 0) is 42.0 Å². The Morgan fingerprint density at radius 1 is 1.56 bits per heavy atom. The standard InChI is InChI=1S/C11H19N3S2/c1-7(2)11(4-5-11)6-13-10-8(15-3)9(12)14-16-10/h7,13H,4-6H2,1-3H3,(H2,12,14). The third-order valence-electron chi connectivity index (χ3n) is 3.60. The van der Waals surface area contributed by atoms with Gasteiger partial charge in [-0.25, -0.2) is 0 Å². The van der Waals surface area contributed by atoms with Gasteiger partial charge in [0.15, 0.2) is 5.82 Å². The lowest BCUT2D eigenvalue weighted by atomic mass is 9.92. The van der Waals surface area contributed by atoms with E-state index in [-0.39, 0.29) is 0 Å². The number of aromatic nitrogens is 1. The van der Waals surface area contributed by atoms with Gasteiger partial charge in [-0.3, -0.25) is 0 Å². The van der Waals surface area contributed by atoms with Crippen LogP contribution in [0, 0.1) is 11.3 Å². The lowest BCUT2D eigenvalue weighted by molar-refractivity contribution is 0.380. The summed E-state index contributed by atoms with van der Waals surface area (Å²) >= 11 is 3.14. The first kappa shape index (κ1) is 12.0. The van der Waals surface area contributed by atoms with E-state index in [0.717, 1.165) is 22.4 Å². The molecular weight excluding hydrogens is 238 g/mol. The molecule has 0 amide bonds. The van der Waals surface area contributed by atoms with Crippen LogP contribution in [0.4, 0.5) is 10.8 Å². The van der Waals surface area contributed by atoms with Gasteiger partial charge in [0.05, 0.1) is 4.90 Å².